The number of benzene rings is 1. The van der Waals surface area contributed by atoms with Gasteiger partial charge >= 0.3 is 0 Å². The number of ether oxygens (including phenoxy) is 1. The molecule has 1 saturated heterocycles. The number of carbonyl (C=O) groups excluding carboxylic acids is 1. The van der Waals surface area contributed by atoms with Crippen molar-refractivity contribution in [2.24, 2.45) is 0 Å². The van der Waals surface area contributed by atoms with E-state index in [0.717, 1.165) is 28.4 Å². The molecule has 0 saturated carbocycles. The van der Waals surface area contributed by atoms with Gasteiger partial charge in [0.05, 0.1) is 18.8 Å². The Kier molecular flexibility index (Phi) is 4.66. The first kappa shape index (κ1) is 16.0. The van der Waals surface area contributed by atoms with Gasteiger partial charge in [-0.3, -0.25) is 4.79 Å². The minimum atomic E-state index is -0.0568. The fourth-order valence-corrected chi connectivity index (χ4v) is 3.14. The van der Waals surface area contributed by atoms with Gasteiger partial charge in [-0.15, -0.1) is 0 Å². The average Bonchev–Trinajstić information content (AvgIpc) is 2.93. The number of hydrogen-bond donors (Lipinski definition) is 0. The lowest BCUT2D eigenvalue weighted by atomic mass is 10.1. The molecule has 0 radical (unpaired) electrons. The summed E-state index contributed by atoms with van der Waals surface area (Å²) < 4.78 is 11.6. The number of furan rings is 1. The van der Waals surface area contributed by atoms with Crippen molar-refractivity contribution in [2.45, 2.75) is 25.7 Å². The molecule has 4 nitrogen and oxygen atoms in total. The van der Waals surface area contributed by atoms with Crippen LogP contribution in [0.5, 0.6) is 5.75 Å². The van der Waals surface area contributed by atoms with Crippen LogP contribution in [0.15, 0.2) is 34.7 Å². The largest absolute Gasteiger partial charge is 0.486 e. The summed E-state index contributed by atoms with van der Waals surface area (Å²) in [6.07, 6.45) is 2.06. The van der Waals surface area contributed by atoms with E-state index in [4.69, 9.17) is 9.15 Å². The molecule has 0 unspecified atom stereocenters. The van der Waals surface area contributed by atoms with Gasteiger partial charge in [-0.25, -0.2) is 0 Å². The summed E-state index contributed by atoms with van der Waals surface area (Å²) in [5.74, 6) is 2.92. The molecule has 0 atom stereocenters. The van der Waals surface area contributed by atoms with Crippen LogP contribution in [0.25, 0.3) is 0 Å². The van der Waals surface area contributed by atoms with Crippen LogP contribution in [-0.4, -0.2) is 36.3 Å². The standard InChI is InChI=1S/C18H21NO3S/c1-12-5-4-6-13(2)17(12)22-15-9-19(10-15)18(20)16-8-7-14(21-16)11-23-3/h4-8,15H,9-11H2,1-3H3. The van der Waals surface area contributed by atoms with Gasteiger partial charge in [-0.1, -0.05) is 18.2 Å². The zero-order valence-electron chi connectivity index (χ0n) is 13.7. The highest BCUT2D eigenvalue weighted by atomic mass is 32.2. The lowest BCUT2D eigenvalue weighted by Crippen LogP contribution is -2.56. The molecule has 122 valence electrons. The predicted molar refractivity (Wildman–Crippen MR) is 92.2 cm³/mol. The predicted octanol–water partition coefficient (Wildman–Crippen LogP) is 3.66. The number of para-hydroxylation sites is 1. The lowest BCUT2D eigenvalue weighted by molar-refractivity contribution is 0.0150. The Balaban J connectivity index is 1.57. The third kappa shape index (κ3) is 3.39. The number of likely N-dealkylation sites (tertiary alicyclic amines) is 1. The molecule has 1 aromatic carbocycles. The minimum absolute atomic E-state index is 0.0550. The fraction of sp³-hybridized carbons (Fsp3) is 0.389. The number of rotatable bonds is 5. The molecule has 2 heterocycles. The van der Waals surface area contributed by atoms with Crippen LogP contribution in [0.3, 0.4) is 0 Å². The minimum Gasteiger partial charge on any atom is -0.486 e. The van der Waals surface area contributed by atoms with Crippen LogP contribution in [0.1, 0.15) is 27.4 Å². The summed E-state index contributed by atoms with van der Waals surface area (Å²) >= 11 is 1.67. The number of amides is 1. The van der Waals surface area contributed by atoms with Gasteiger partial charge in [-0.2, -0.15) is 11.8 Å². The molecule has 1 aliphatic rings. The third-order valence-electron chi connectivity index (χ3n) is 3.99. The van der Waals surface area contributed by atoms with Gasteiger partial charge in [0.15, 0.2) is 5.76 Å². The van der Waals surface area contributed by atoms with Crippen molar-refractivity contribution in [3.63, 3.8) is 0 Å². The first-order chi connectivity index (χ1) is 11.1. The van der Waals surface area contributed by atoms with Crippen molar-refractivity contribution in [1.29, 1.82) is 0 Å². The van der Waals surface area contributed by atoms with E-state index in [1.807, 2.05) is 44.4 Å². The average molecular weight is 331 g/mol. The van der Waals surface area contributed by atoms with Crippen LogP contribution >= 0.6 is 11.8 Å². The van der Waals surface area contributed by atoms with Gasteiger partial charge in [0.1, 0.15) is 17.6 Å². The van der Waals surface area contributed by atoms with Gasteiger partial charge < -0.3 is 14.1 Å². The second kappa shape index (κ2) is 6.71. The Morgan fingerprint density at radius 2 is 1.96 bits per heavy atom. The highest BCUT2D eigenvalue weighted by Crippen LogP contribution is 2.27. The van der Waals surface area contributed by atoms with Crippen molar-refractivity contribution < 1.29 is 13.9 Å². The van der Waals surface area contributed by atoms with Crippen LogP contribution in [-0.2, 0) is 5.75 Å². The maximum absolute atomic E-state index is 12.3. The fourth-order valence-electron chi connectivity index (χ4n) is 2.70. The summed E-state index contributed by atoms with van der Waals surface area (Å²) in [4.78, 5) is 14.1. The van der Waals surface area contributed by atoms with Crippen molar-refractivity contribution in [1.82, 2.24) is 4.90 Å². The second-order valence-electron chi connectivity index (χ2n) is 5.87. The zero-order chi connectivity index (χ0) is 16.4. The molecule has 3 rings (SSSR count). The van der Waals surface area contributed by atoms with Gasteiger partial charge in [0.2, 0.25) is 0 Å². The van der Waals surface area contributed by atoms with Crippen molar-refractivity contribution in [2.75, 3.05) is 19.3 Å². The molecular formula is C18H21NO3S. The van der Waals surface area contributed by atoms with Crippen molar-refractivity contribution >= 4 is 17.7 Å². The van der Waals surface area contributed by atoms with Gasteiger partial charge in [-0.05, 0) is 43.4 Å². The van der Waals surface area contributed by atoms with E-state index in [1.54, 1.807) is 22.7 Å². The highest BCUT2D eigenvalue weighted by Gasteiger charge is 2.34. The topological polar surface area (TPSA) is 42.7 Å². The normalized spacial score (nSPS) is 14.7. The summed E-state index contributed by atoms with van der Waals surface area (Å²) in [5.41, 5.74) is 2.25. The first-order valence-corrected chi connectivity index (χ1v) is 9.07. The van der Waals surface area contributed by atoms with E-state index in [-0.39, 0.29) is 12.0 Å². The number of thioether (sulfide) groups is 1. The highest BCUT2D eigenvalue weighted by molar-refractivity contribution is 7.97. The van der Waals surface area contributed by atoms with E-state index in [0.29, 0.717) is 18.8 Å². The van der Waals surface area contributed by atoms with Crippen LogP contribution in [0.4, 0.5) is 0 Å². The summed E-state index contributed by atoms with van der Waals surface area (Å²) in [6.45, 7) is 5.29. The molecule has 5 heteroatoms. The molecule has 1 aromatic heterocycles. The number of aryl methyl sites for hydroxylation is 2. The van der Waals surface area contributed by atoms with E-state index < -0.39 is 0 Å². The maximum Gasteiger partial charge on any atom is 0.289 e. The molecular weight excluding hydrogens is 310 g/mol. The number of carbonyl (C=O) groups is 1. The van der Waals surface area contributed by atoms with E-state index in [2.05, 4.69) is 0 Å². The second-order valence-corrected chi connectivity index (χ2v) is 6.74. The molecule has 1 amide bonds. The zero-order valence-corrected chi connectivity index (χ0v) is 14.5. The smallest absolute Gasteiger partial charge is 0.289 e. The molecule has 1 fully saturated rings. The molecule has 0 spiro atoms. The van der Waals surface area contributed by atoms with Crippen molar-refractivity contribution in [3.05, 3.63) is 53.0 Å². The van der Waals surface area contributed by atoms with E-state index in [9.17, 15) is 4.79 Å². The summed E-state index contributed by atoms with van der Waals surface area (Å²) in [6, 6.07) is 9.74. The lowest BCUT2D eigenvalue weighted by Gasteiger charge is -2.39. The maximum atomic E-state index is 12.3. The molecule has 0 aliphatic carbocycles. The summed E-state index contributed by atoms with van der Waals surface area (Å²) in [5, 5.41) is 0. The van der Waals surface area contributed by atoms with Crippen LogP contribution in [0.2, 0.25) is 0 Å². The van der Waals surface area contributed by atoms with Crippen LogP contribution < -0.4 is 4.74 Å². The SMILES string of the molecule is CSCc1ccc(C(=O)N2CC(Oc3c(C)cccc3C)C2)o1. The Labute approximate surface area is 140 Å². The monoisotopic (exact) mass is 331 g/mol. The number of hydrogen-bond acceptors (Lipinski definition) is 4. The molecule has 0 N–H and O–H groups in total. The van der Waals surface area contributed by atoms with Gasteiger partial charge in [0.25, 0.3) is 5.91 Å². The molecule has 2 aromatic rings. The Morgan fingerprint density at radius 3 is 2.61 bits per heavy atom. The van der Waals surface area contributed by atoms with Crippen LogP contribution in [0, 0.1) is 13.8 Å². The quantitative estimate of drug-likeness (QED) is 0.838. The molecule has 1 aliphatic heterocycles. The Hall–Kier alpha value is -1.88. The van der Waals surface area contributed by atoms with Gasteiger partial charge in [0, 0.05) is 0 Å². The van der Waals surface area contributed by atoms with E-state index >= 15 is 0 Å². The molecule has 23 heavy (non-hydrogen) atoms. The molecule has 0 bridgehead atoms. The Bertz CT molecular complexity index is 684. The Morgan fingerprint density at radius 1 is 1.26 bits per heavy atom. The first-order valence-electron chi connectivity index (χ1n) is 7.68. The third-order valence-corrected chi connectivity index (χ3v) is 4.56. The van der Waals surface area contributed by atoms with E-state index in [1.165, 1.54) is 0 Å². The van der Waals surface area contributed by atoms with Crippen molar-refractivity contribution in [3.8, 4) is 5.75 Å². The summed E-state index contributed by atoms with van der Waals surface area (Å²) in [7, 11) is 0. The number of nitrogens with zero attached hydrogens (tertiary/aromatic N) is 1.